The van der Waals surface area contributed by atoms with Crippen molar-refractivity contribution in [3.8, 4) is 0 Å². The van der Waals surface area contributed by atoms with E-state index in [9.17, 15) is 9.59 Å². The van der Waals surface area contributed by atoms with Gasteiger partial charge in [-0.3, -0.25) is 0 Å². The SMILES string of the molecule is CC1CCCCC[C@H](NC(=O)OC(C)(C)C)C(=O)O1. The normalized spacial score (nSPS) is 25.6. The summed E-state index contributed by atoms with van der Waals surface area (Å²) in [5, 5.41) is 2.61. The van der Waals surface area contributed by atoms with E-state index >= 15 is 0 Å². The lowest BCUT2D eigenvalue weighted by Crippen LogP contribution is -2.44. The number of rotatable bonds is 1. The molecule has 1 heterocycles. The highest BCUT2D eigenvalue weighted by Crippen LogP contribution is 2.15. The van der Waals surface area contributed by atoms with Gasteiger partial charge in [-0.05, 0) is 47.0 Å². The Morgan fingerprint density at radius 2 is 1.89 bits per heavy atom. The van der Waals surface area contributed by atoms with Gasteiger partial charge in [-0.1, -0.05) is 12.8 Å². The van der Waals surface area contributed by atoms with Crippen molar-refractivity contribution in [1.29, 1.82) is 0 Å². The second-order valence-corrected chi connectivity index (χ2v) is 6.08. The molecule has 1 N–H and O–H groups in total. The molecule has 0 aliphatic carbocycles. The van der Waals surface area contributed by atoms with E-state index in [1.807, 2.05) is 6.92 Å². The molecule has 2 atom stereocenters. The fourth-order valence-corrected chi connectivity index (χ4v) is 2.00. The molecule has 0 saturated carbocycles. The van der Waals surface area contributed by atoms with E-state index in [-0.39, 0.29) is 12.1 Å². The summed E-state index contributed by atoms with van der Waals surface area (Å²) >= 11 is 0. The van der Waals surface area contributed by atoms with E-state index < -0.39 is 17.7 Å². The minimum Gasteiger partial charge on any atom is -0.461 e. The zero-order valence-electron chi connectivity index (χ0n) is 12.3. The summed E-state index contributed by atoms with van der Waals surface area (Å²) in [4.78, 5) is 23.6. The van der Waals surface area contributed by atoms with Crippen molar-refractivity contribution in [2.75, 3.05) is 0 Å². The van der Waals surface area contributed by atoms with Gasteiger partial charge in [-0.2, -0.15) is 0 Å². The van der Waals surface area contributed by atoms with E-state index in [2.05, 4.69) is 5.32 Å². The number of carbonyl (C=O) groups excluding carboxylic acids is 2. The highest BCUT2D eigenvalue weighted by Gasteiger charge is 2.27. The molecule has 0 radical (unpaired) electrons. The molecule has 19 heavy (non-hydrogen) atoms. The topological polar surface area (TPSA) is 64.6 Å². The van der Waals surface area contributed by atoms with Crippen LogP contribution in [0.3, 0.4) is 0 Å². The molecule has 0 aromatic rings. The first-order valence-electron chi connectivity index (χ1n) is 6.98. The van der Waals surface area contributed by atoms with Crippen LogP contribution in [0.15, 0.2) is 0 Å². The van der Waals surface area contributed by atoms with Crippen LogP contribution in [0.1, 0.15) is 59.8 Å². The molecule has 1 saturated heterocycles. The molecule has 0 aromatic heterocycles. The minimum absolute atomic E-state index is 0.0893. The first-order valence-corrected chi connectivity index (χ1v) is 6.98. The van der Waals surface area contributed by atoms with Crippen LogP contribution in [0.2, 0.25) is 0 Å². The van der Waals surface area contributed by atoms with Crippen molar-refractivity contribution in [2.24, 2.45) is 0 Å². The van der Waals surface area contributed by atoms with Crippen LogP contribution in [0, 0.1) is 0 Å². The summed E-state index contributed by atoms with van der Waals surface area (Å²) in [5.74, 6) is -0.361. The van der Waals surface area contributed by atoms with E-state index in [1.54, 1.807) is 20.8 Å². The van der Waals surface area contributed by atoms with Gasteiger partial charge in [0.05, 0.1) is 6.10 Å². The van der Waals surface area contributed by atoms with Crippen molar-refractivity contribution in [2.45, 2.75) is 77.5 Å². The maximum Gasteiger partial charge on any atom is 0.408 e. The quantitative estimate of drug-likeness (QED) is 0.745. The molecular formula is C14H25NO4. The van der Waals surface area contributed by atoms with Gasteiger partial charge in [0.1, 0.15) is 11.6 Å². The monoisotopic (exact) mass is 271 g/mol. The lowest BCUT2D eigenvalue weighted by molar-refractivity contribution is -0.151. The first-order chi connectivity index (χ1) is 8.78. The third kappa shape index (κ3) is 6.45. The summed E-state index contributed by atoms with van der Waals surface area (Å²) in [6.45, 7) is 7.25. The van der Waals surface area contributed by atoms with Gasteiger partial charge in [0.15, 0.2) is 0 Å². The number of nitrogens with one attached hydrogen (secondary N) is 1. The van der Waals surface area contributed by atoms with E-state index in [4.69, 9.17) is 9.47 Å². The largest absolute Gasteiger partial charge is 0.461 e. The number of esters is 1. The van der Waals surface area contributed by atoms with E-state index in [0.717, 1.165) is 25.7 Å². The van der Waals surface area contributed by atoms with Crippen LogP contribution >= 0.6 is 0 Å². The third-order valence-corrected chi connectivity index (χ3v) is 2.90. The molecule has 1 unspecified atom stereocenters. The van der Waals surface area contributed by atoms with Gasteiger partial charge >= 0.3 is 12.1 Å². The lowest BCUT2D eigenvalue weighted by Gasteiger charge is -2.23. The lowest BCUT2D eigenvalue weighted by atomic mass is 10.1. The van der Waals surface area contributed by atoms with Crippen LogP contribution in [0.4, 0.5) is 4.79 Å². The second kappa shape index (κ2) is 6.78. The Labute approximate surface area is 115 Å². The molecule has 110 valence electrons. The molecule has 1 fully saturated rings. The Bertz CT molecular complexity index is 322. The highest BCUT2D eigenvalue weighted by atomic mass is 16.6. The maximum atomic E-state index is 11.9. The van der Waals surface area contributed by atoms with Gasteiger partial charge in [0, 0.05) is 0 Å². The molecule has 1 amide bonds. The van der Waals surface area contributed by atoms with Crippen molar-refractivity contribution in [3.05, 3.63) is 0 Å². The number of hydrogen-bond donors (Lipinski definition) is 1. The average molecular weight is 271 g/mol. The number of alkyl carbamates (subject to hydrolysis) is 1. The van der Waals surface area contributed by atoms with Crippen LogP contribution in [-0.4, -0.2) is 29.8 Å². The predicted octanol–water partition coefficient (Wildman–Crippen LogP) is 2.78. The smallest absolute Gasteiger partial charge is 0.408 e. The fraction of sp³-hybridized carbons (Fsp3) is 0.857. The predicted molar refractivity (Wildman–Crippen MR) is 71.8 cm³/mol. The van der Waals surface area contributed by atoms with Gasteiger partial charge < -0.3 is 14.8 Å². The molecule has 1 aliphatic rings. The van der Waals surface area contributed by atoms with Crippen molar-refractivity contribution < 1.29 is 19.1 Å². The molecule has 0 spiro atoms. The van der Waals surface area contributed by atoms with Crippen LogP contribution in [0.5, 0.6) is 0 Å². The van der Waals surface area contributed by atoms with Crippen LogP contribution in [-0.2, 0) is 14.3 Å². The van der Waals surface area contributed by atoms with E-state index in [1.165, 1.54) is 0 Å². The second-order valence-electron chi connectivity index (χ2n) is 6.08. The van der Waals surface area contributed by atoms with Crippen LogP contribution in [0.25, 0.3) is 0 Å². The first kappa shape index (κ1) is 15.8. The molecule has 0 aromatic carbocycles. The number of carbonyl (C=O) groups is 2. The summed E-state index contributed by atoms with van der Waals surface area (Å²) < 4.78 is 10.5. The molecule has 5 heteroatoms. The third-order valence-electron chi connectivity index (χ3n) is 2.90. The Morgan fingerprint density at radius 1 is 1.26 bits per heavy atom. The van der Waals surface area contributed by atoms with Gasteiger partial charge in [-0.15, -0.1) is 0 Å². The van der Waals surface area contributed by atoms with Crippen molar-refractivity contribution in [1.82, 2.24) is 5.32 Å². The summed E-state index contributed by atoms with van der Waals surface area (Å²) in [6, 6.07) is -0.601. The van der Waals surface area contributed by atoms with Gasteiger partial charge in [-0.25, -0.2) is 9.59 Å². The number of cyclic esters (lactones) is 1. The van der Waals surface area contributed by atoms with Gasteiger partial charge in [0.25, 0.3) is 0 Å². The van der Waals surface area contributed by atoms with Crippen molar-refractivity contribution >= 4 is 12.1 Å². The highest BCUT2D eigenvalue weighted by molar-refractivity contribution is 5.81. The summed E-state index contributed by atoms with van der Waals surface area (Å²) in [6.07, 6.45) is 3.83. The molecule has 5 nitrogen and oxygen atoms in total. The Balaban J connectivity index is 2.57. The zero-order valence-corrected chi connectivity index (χ0v) is 12.3. The van der Waals surface area contributed by atoms with E-state index in [0.29, 0.717) is 6.42 Å². The Morgan fingerprint density at radius 3 is 2.53 bits per heavy atom. The molecular weight excluding hydrogens is 246 g/mol. The van der Waals surface area contributed by atoms with Crippen molar-refractivity contribution in [3.63, 3.8) is 0 Å². The number of amides is 1. The minimum atomic E-state index is -0.601. The number of ether oxygens (including phenoxy) is 2. The standard InChI is InChI=1S/C14H25NO4/c1-10-8-6-5-7-9-11(12(16)18-10)15-13(17)19-14(2,3)4/h10-11H,5-9H2,1-4H3,(H,15,17)/t10?,11-/m0/s1. The molecule has 0 bridgehead atoms. The molecule has 1 aliphatic heterocycles. The molecule has 1 rings (SSSR count). The Kier molecular flexibility index (Phi) is 5.63. The Hall–Kier alpha value is -1.26. The summed E-state index contributed by atoms with van der Waals surface area (Å²) in [5.41, 5.74) is -0.570. The van der Waals surface area contributed by atoms with Gasteiger partial charge in [0.2, 0.25) is 0 Å². The summed E-state index contributed by atoms with van der Waals surface area (Å²) in [7, 11) is 0. The number of hydrogen-bond acceptors (Lipinski definition) is 4. The maximum absolute atomic E-state index is 11.9. The van der Waals surface area contributed by atoms with Crippen LogP contribution < -0.4 is 5.32 Å². The fourth-order valence-electron chi connectivity index (χ4n) is 2.00. The average Bonchev–Trinajstić information content (AvgIpc) is 2.29. The zero-order chi connectivity index (χ0) is 14.5.